The van der Waals surface area contributed by atoms with E-state index in [2.05, 4.69) is 44.3 Å². The summed E-state index contributed by atoms with van der Waals surface area (Å²) < 4.78 is 0. The average Bonchev–Trinajstić information content (AvgIpc) is 2.39. The van der Waals surface area contributed by atoms with Crippen LogP contribution in [0, 0.1) is 13.8 Å². The van der Waals surface area contributed by atoms with Crippen LogP contribution in [0.3, 0.4) is 0 Å². The summed E-state index contributed by atoms with van der Waals surface area (Å²) in [7, 11) is 0. The number of nitrogens with one attached hydrogen (secondary N) is 1. The van der Waals surface area contributed by atoms with E-state index in [-0.39, 0.29) is 21.8 Å². The summed E-state index contributed by atoms with van der Waals surface area (Å²) in [5.74, 6) is -0.0854. The van der Waals surface area contributed by atoms with Crippen molar-refractivity contribution < 1.29 is 5.11 Å². The number of aromatic hydroxyl groups is 1. The number of aryl methyl sites for hydroxylation is 2. The van der Waals surface area contributed by atoms with Crippen LogP contribution in [-0.4, -0.2) is 5.11 Å². The Morgan fingerprint density at radius 2 is 1.60 bits per heavy atom. The molecule has 0 aliphatic heterocycles. The first kappa shape index (κ1) is 15.0. The molecular weight excluding hydrogens is 293 g/mol. The van der Waals surface area contributed by atoms with Gasteiger partial charge < -0.3 is 10.4 Å². The second kappa shape index (κ2) is 5.94. The zero-order valence-electron chi connectivity index (χ0n) is 11.7. The van der Waals surface area contributed by atoms with Crippen molar-refractivity contribution in [3.8, 4) is 5.75 Å². The first-order chi connectivity index (χ1) is 9.38. The summed E-state index contributed by atoms with van der Waals surface area (Å²) in [6.07, 6.45) is 0. The van der Waals surface area contributed by atoms with Crippen molar-refractivity contribution in [1.29, 1.82) is 0 Å². The lowest BCUT2D eigenvalue weighted by atomic mass is 10.0. The van der Waals surface area contributed by atoms with Gasteiger partial charge in [-0.1, -0.05) is 41.4 Å². The predicted octanol–water partition coefficient (Wildman–Crippen LogP) is 5.49. The average molecular weight is 310 g/mol. The fourth-order valence-corrected chi connectivity index (χ4v) is 2.50. The van der Waals surface area contributed by atoms with E-state index in [1.54, 1.807) is 12.1 Å². The maximum atomic E-state index is 9.56. The minimum absolute atomic E-state index is 0.0854. The highest BCUT2D eigenvalue weighted by Gasteiger charge is 2.10. The minimum atomic E-state index is -0.0854. The third-order valence-corrected chi connectivity index (χ3v) is 4.01. The molecule has 2 rings (SSSR count). The van der Waals surface area contributed by atoms with Crippen LogP contribution in [0.4, 0.5) is 5.69 Å². The van der Waals surface area contributed by atoms with E-state index in [0.29, 0.717) is 0 Å². The number of benzene rings is 2. The lowest BCUT2D eigenvalue weighted by Gasteiger charge is -2.17. The van der Waals surface area contributed by atoms with Crippen LogP contribution in [0.15, 0.2) is 30.3 Å². The Balaban J connectivity index is 2.23. The number of phenolic OH excluding ortho intramolecular Hbond substituents is 1. The van der Waals surface area contributed by atoms with Gasteiger partial charge in [-0.2, -0.15) is 0 Å². The molecule has 4 heteroatoms. The van der Waals surface area contributed by atoms with E-state index in [1.807, 2.05) is 0 Å². The van der Waals surface area contributed by atoms with Crippen LogP contribution in [0.2, 0.25) is 10.0 Å². The third kappa shape index (κ3) is 3.20. The smallest absolute Gasteiger partial charge is 0.152 e. The Labute approximate surface area is 129 Å². The monoisotopic (exact) mass is 309 g/mol. The molecule has 0 aromatic heterocycles. The number of phenols is 1. The molecule has 0 amide bonds. The molecule has 106 valence electrons. The highest BCUT2D eigenvalue weighted by molar-refractivity contribution is 6.37. The molecule has 0 aliphatic carbocycles. The summed E-state index contributed by atoms with van der Waals surface area (Å²) in [6.45, 7) is 6.26. The van der Waals surface area contributed by atoms with Crippen LogP contribution in [0.5, 0.6) is 5.75 Å². The van der Waals surface area contributed by atoms with E-state index in [0.717, 1.165) is 5.69 Å². The van der Waals surface area contributed by atoms with E-state index >= 15 is 0 Å². The Hall–Kier alpha value is -1.38. The second-order valence-corrected chi connectivity index (χ2v) is 5.81. The molecule has 0 bridgehead atoms. The number of anilines is 1. The minimum Gasteiger partial charge on any atom is -0.505 e. The zero-order chi connectivity index (χ0) is 14.9. The lowest BCUT2D eigenvalue weighted by Crippen LogP contribution is -2.07. The number of rotatable bonds is 3. The van der Waals surface area contributed by atoms with Crippen LogP contribution in [0.1, 0.15) is 29.7 Å². The Morgan fingerprint density at radius 3 is 2.15 bits per heavy atom. The highest BCUT2D eigenvalue weighted by Crippen LogP contribution is 2.35. The summed E-state index contributed by atoms with van der Waals surface area (Å²) >= 11 is 11.8. The van der Waals surface area contributed by atoms with Crippen LogP contribution >= 0.6 is 23.2 Å². The third-order valence-electron chi connectivity index (χ3n) is 3.43. The van der Waals surface area contributed by atoms with Crippen molar-refractivity contribution in [1.82, 2.24) is 0 Å². The standard InChI is InChI=1S/C16H17Cl2NO/c1-9-4-5-12(6-10(9)2)11(3)19-13-7-14(17)16(20)15(18)8-13/h4-8,11,19-20H,1-3H3. The maximum Gasteiger partial charge on any atom is 0.152 e. The first-order valence-electron chi connectivity index (χ1n) is 6.40. The SMILES string of the molecule is Cc1ccc(C(C)Nc2cc(Cl)c(O)c(Cl)c2)cc1C. The molecule has 0 fully saturated rings. The zero-order valence-corrected chi connectivity index (χ0v) is 13.2. The molecule has 20 heavy (non-hydrogen) atoms. The van der Waals surface area contributed by atoms with Crippen molar-refractivity contribution in [2.75, 3.05) is 5.32 Å². The van der Waals surface area contributed by atoms with Crippen LogP contribution in [0.25, 0.3) is 0 Å². The van der Waals surface area contributed by atoms with Crippen molar-refractivity contribution in [3.05, 3.63) is 57.1 Å². The molecule has 2 N–H and O–H groups in total. The molecule has 0 heterocycles. The van der Waals surface area contributed by atoms with Gasteiger partial charge in [0.2, 0.25) is 0 Å². The quantitative estimate of drug-likeness (QED) is 0.735. The van der Waals surface area contributed by atoms with Crippen LogP contribution < -0.4 is 5.32 Å². The largest absolute Gasteiger partial charge is 0.505 e. The molecule has 0 radical (unpaired) electrons. The lowest BCUT2D eigenvalue weighted by molar-refractivity contribution is 0.476. The first-order valence-corrected chi connectivity index (χ1v) is 7.15. The molecule has 0 saturated heterocycles. The van der Waals surface area contributed by atoms with Gasteiger partial charge in [0.15, 0.2) is 5.75 Å². The van der Waals surface area contributed by atoms with Gasteiger partial charge in [-0.15, -0.1) is 0 Å². The summed E-state index contributed by atoms with van der Waals surface area (Å²) in [5.41, 5.74) is 4.51. The Bertz CT molecular complexity index is 617. The maximum absolute atomic E-state index is 9.56. The highest BCUT2D eigenvalue weighted by atomic mass is 35.5. The number of hydrogen-bond acceptors (Lipinski definition) is 2. The summed E-state index contributed by atoms with van der Waals surface area (Å²) in [4.78, 5) is 0. The van der Waals surface area contributed by atoms with Crippen molar-refractivity contribution in [3.63, 3.8) is 0 Å². The van der Waals surface area contributed by atoms with Gasteiger partial charge in [-0.05, 0) is 49.6 Å². The van der Waals surface area contributed by atoms with E-state index in [9.17, 15) is 5.11 Å². The van der Waals surface area contributed by atoms with E-state index in [4.69, 9.17) is 23.2 Å². The van der Waals surface area contributed by atoms with Gasteiger partial charge in [0.25, 0.3) is 0 Å². The van der Waals surface area contributed by atoms with Crippen molar-refractivity contribution in [2.45, 2.75) is 26.8 Å². The molecule has 2 aromatic carbocycles. The fraction of sp³-hybridized carbons (Fsp3) is 0.250. The van der Waals surface area contributed by atoms with Gasteiger partial charge in [0, 0.05) is 11.7 Å². The van der Waals surface area contributed by atoms with Crippen molar-refractivity contribution in [2.24, 2.45) is 0 Å². The van der Waals surface area contributed by atoms with Gasteiger partial charge in [-0.25, -0.2) is 0 Å². The normalized spacial score (nSPS) is 12.2. The molecule has 2 aromatic rings. The van der Waals surface area contributed by atoms with Gasteiger partial charge in [0.05, 0.1) is 10.0 Å². The molecule has 0 aliphatic rings. The van der Waals surface area contributed by atoms with Gasteiger partial charge in [-0.3, -0.25) is 0 Å². The Kier molecular flexibility index (Phi) is 4.46. The van der Waals surface area contributed by atoms with Crippen molar-refractivity contribution >= 4 is 28.9 Å². The van der Waals surface area contributed by atoms with E-state index < -0.39 is 0 Å². The van der Waals surface area contributed by atoms with E-state index in [1.165, 1.54) is 16.7 Å². The molecule has 1 unspecified atom stereocenters. The Morgan fingerprint density at radius 1 is 1.00 bits per heavy atom. The second-order valence-electron chi connectivity index (χ2n) is 5.00. The van der Waals surface area contributed by atoms with Crippen LogP contribution in [-0.2, 0) is 0 Å². The number of halogens is 2. The molecule has 0 spiro atoms. The topological polar surface area (TPSA) is 32.3 Å². The fourth-order valence-electron chi connectivity index (χ4n) is 2.02. The molecule has 2 nitrogen and oxygen atoms in total. The van der Waals surface area contributed by atoms with Gasteiger partial charge in [0.1, 0.15) is 0 Å². The predicted molar refractivity (Wildman–Crippen MR) is 86.1 cm³/mol. The molecule has 1 atom stereocenters. The number of hydrogen-bond donors (Lipinski definition) is 2. The molecular formula is C16H17Cl2NO. The van der Waals surface area contributed by atoms with Gasteiger partial charge >= 0.3 is 0 Å². The summed E-state index contributed by atoms with van der Waals surface area (Å²) in [5, 5.41) is 13.4. The summed E-state index contributed by atoms with van der Waals surface area (Å²) in [6, 6.07) is 9.83. The molecule has 0 saturated carbocycles.